The van der Waals surface area contributed by atoms with Crippen molar-refractivity contribution in [2.24, 2.45) is 0 Å². The molecule has 0 unspecified atom stereocenters. The summed E-state index contributed by atoms with van der Waals surface area (Å²) in [7, 11) is 1.57. The van der Waals surface area contributed by atoms with E-state index < -0.39 is 0 Å². The molecule has 0 N–H and O–H groups in total. The summed E-state index contributed by atoms with van der Waals surface area (Å²) < 4.78 is 13.3. The van der Waals surface area contributed by atoms with Crippen molar-refractivity contribution in [3.8, 4) is 11.6 Å². The predicted molar refractivity (Wildman–Crippen MR) is 143 cm³/mol. The lowest BCUT2D eigenvalue weighted by atomic mass is 10.0. The van der Waals surface area contributed by atoms with Crippen LogP contribution in [-0.2, 0) is 9.53 Å². The number of methoxy groups -OCH3 is 1. The van der Waals surface area contributed by atoms with Gasteiger partial charge >= 0.3 is 0 Å². The number of fused-ring (bicyclic) bond motifs is 1. The van der Waals surface area contributed by atoms with Crippen molar-refractivity contribution < 1.29 is 14.3 Å². The fourth-order valence-corrected chi connectivity index (χ4v) is 5.10. The van der Waals surface area contributed by atoms with Gasteiger partial charge in [-0.15, -0.1) is 0 Å². The van der Waals surface area contributed by atoms with E-state index in [0.717, 1.165) is 28.5 Å². The fourth-order valence-electron chi connectivity index (χ4n) is 3.81. The molecule has 1 saturated heterocycles. The highest BCUT2D eigenvalue weighted by molar-refractivity contribution is 8.26. The molecule has 35 heavy (non-hydrogen) atoms. The van der Waals surface area contributed by atoms with Crippen molar-refractivity contribution in [2.45, 2.75) is 33.6 Å². The minimum atomic E-state index is -0.324. The quantitative estimate of drug-likeness (QED) is 0.325. The van der Waals surface area contributed by atoms with Gasteiger partial charge in [-0.25, -0.2) is 0 Å². The molecule has 0 aliphatic carbocycles. The van der Waals surface area contributed by atoms with Gasteiger partial charge < -0.3 is 9.47 Å². The first kappa shape index (κ1) is 25.1. The van der Waals surface area contributed by atoms with E-state index in [2.05, 4.69) is 13.8 Å². The van der Waals surface area contributed by atoms with Gasteiger partial charge in [0.25, 0.3) is 11.5 Å². The van der Waals surface area contributed by atoms with E-state index >= 15 is 0 Å². The van der Waals surface area contributed by atoms with Crippen LogP contribution in [0.5, 0.6) is 11.6 Å². The zero-order valence-electron chi connectivity index (χ0n) is 20.3. The number of aromatic nitrogens is 2. The van der Waals surface area contributed by atoms with Crippen LogP contribution in [0.4, 0.5) is 0 Å². The van der Waals surface area contributed by atoms with Gasteiger partial charge in [-0.3, -0.25) is 18.9 Å². The maximum Gasteiger partial charge on any atom is 0.269 e. The average Bonchev–Trinajstić information content (AvgIpc) is 3.07. The number of thioether (sulfide) groups is 1. The summed E-state index contributed by atoms with van der Waals surface area (Å²) in [4.78, 5) is 33.2. The van der Waals surface area contributed by atoms with E-state index in [-0.39, 0.29) is 28.8 Å². The van der Waals surface area contributed by atoms with Crippen LogP contribution in [0.1, 0.15) is 42.0 Å². The zero-order valence-corrected chi connectivity index (χ0v) is 22.0. The Morgan fingerprint density at radius 1 is 1.20 bits per heavy atom. The van der Waals surface area contributed by atoms with Gasteiger partial charge in [-0.2, -0.15) is 4.98 Å². The highest BCUT2D eigenvalue weighted by Gasteiger charge is 2.32. The molecule has 1 amide bonds. The second-order valence-electron chi connectivity index (χ2n) is 8.64. The molecular weight excluding hydrogens is 482 g/mol. The van der Waals surface area contributed by atoms with E-state index in [4.69, 9.17) is 26.7 Å². The lowest BCUT2D eigenvalue weighted by molar-refractivity contribution is -0.122. The van der Waals surface area contributed by atoms with Crippen LogP contribution >= 0.6 is 24.0 Å². The van der Waals surface area contributed by atoms with Crippen molar-refractivity contribution in [1.82, 2.24) is 14.3 Å². The summed E-state index contributed by atoms with van der Waals surface area (Å²) in [6.07, 6.45) is 3.20. The lowest BCUT2D eigenvalue weighted by Gasteiger charge is -2.16. The number of amides is 1. The number of rotatable bonds is 7. The monoisotopic (exact) mass is 509 g/mol. The third kappa shape index (κ3) is 5.03. The summed E-state index contributed by atoms with van der Waals surface area (Å²) in [6, 6.07) is 9.66. The second kappa shape index (κ2) is 10.3. The van der Waals surface area contributed by atoms with E-state index in [0.29, 0.717) is 33.8 Å². The Morgan fingerprint density at radius 2 is 1.97 bits per heavy atom. The summed E-state index contributed by atoms with van der Waals surface area (Å²) in [5.74, 6) is 0.718. The van der Waals surface area contributed by atoms with Gasteiger partial charge in [0.2, 0.25) is 5.88 Å². The lowest BCUT2D eigenvalue weighted by Crippen LogP contribution is -2.31. The van der Waals surface area contributed by atoms with Crippen molar-refractivity contribution in [3.63, 3.8) is 0 Å². The van der Waals surface area contributed by atoms with Gasteiger partial charge in [0.15, 0.2) is 0 Å². The predicted octanol–water partition coefficient (Wildman–Crippen LogP) is 5.07. The SMILES string of the molecule is COCCN1C(=O)/C(=C\c2c(Oc3cc(C)ccc3C(C)C)nc3c(C)cccn3c2=O)SC1=S. The molecular formula is C26H27N3O4S2. The van der Waals surface area contributed by atoms with Crippen LogP contribution in [-0.4, -0.2) is 44.8 Å². The Morgan fingerprint density at radius 3 is 2.69 bits per heavy atom. The average molecular weight is 510 g/mol. The van der Waals surface area contributed by atoms with Crippen LogP contribution in [0.3, 0.4) is 0 Å². The zero-order chi connectivity index (χ0) is 25.3. The molecule has 0 saturated carbocycles. The topological polar surface area (TPSA) is 73.1 Å². The molecule has 3 heterocycles. The number of carbonyl (C=O) groups excluding carboxylic acids is 1. The maximum absolute atomic E-state index is 13.6. The first-order chi connectivity index (χ1) is 16.7. The molecule has 0 radical (unpaired) electrons. The number of hydrogen-bond donors (Lipinski definition) is 0. The Hall–Kier alpha value is -3.01. The number of nitrogens with zero attached hydrogens (tertiary/aromatic N) is 3. The number of benzene rings is 1. The summed E-state index contributed by atoms with van der Waals surface area (Å²) in [5, 5.41) is 0. The number of hydrogen-bond acceptors (Lipinski definition) is 7. The van der Waals surface area contributed by atoms with Crippen LogP contribution in [0.15, 0.2) is 46.2 Å². The molecule has 1 aromatic carbocycles. The van der Waals surface area contributed by atoms with Crippen LogP contribution in [0.25, 0.3) is 11.7 Å². The smallest absolute Gasteiger partial charge is 0.269 e. The minimum absolute atomic E-state index is 0.152. The van der Waals surface area contributed by atoms with E-state index in [1.54, 1.807) is 19.4 Å². The van der Waals surface area contributed by atoms with E-state index in [1.807, 2.05) is 38.1 Å². The molecule has 9 heteroatoms. The summed E-state index contributed by atoms with van der Waals surface area (Å²) in [5.41, 5.74) is 3.22. The Balaban J connectivity index is 1.89. The van der Waals surface area contributed by atoms with Crippen molar-refractivity contribution in [3.05, 3.63) is 74.0 Å². The number of pyridine rings is 1. The number of thiocarbonyl (C=S) groups is 1. The van der Waals surface area contributed by atoms with Crippen LogP contribution in [0, 0.1) is 13.8 Å². The minimum Gasteiger partial charge on any atom is -0.438 e. The van der Waals surface area contributed by atoms with Gasteiger partial charge in [0.05, 0.1) is 18.1 Å². The maximum atomic E-state index is 13.6. The molecule has 4 rings (SSSR count). The van der Waals surface area contributed by atoms with Crippen molar-refractivity contribution >= 4 is 45.9 Å². The van der Waals surface area contributed by atoms with E-state index in [9.17, 15) is 9.59 Å². The van der Waals surface area contributed by atoms with Crippen LogP contribution in [0.2, 0.25) is 0 Å². The Labute approximate surface area is 213 Å². The molecule has 1 aliphatic rings. The number of ether oxygens (including phenoxy) is 2. The van der Waals surface area contributed by atoms with Crippen molar-refractivity contribution in [1.29, 1.82) is 0 Å². The Kier molecular flexibility index (Phi) is 7.39. The molecule has 0 spiro atoms. The molecule has 0 bridgehead atoms. The number of aryl methyl sites for hydroxylation is 2. The molecule has 1 fully saturated rings. The largest absolute Gasteiger partial charge is 0.438 e. The fraction of sp³-hybridized carbons (Fsp3) is 0.308. The Bertz CT molecular complexity index is 1410. The van der Waals surface area contributed by atoms with Gasteiger partial charge in [-0.1, -0.05) is 56.0 Å². The first-order valence-corrected chi connectivity index (χ1v) is 12.5. The number of carbonyl (C=O) groups is 1. The molecule has 3 aromatic rings. The summed E-state index contributed by atoms with van der Waals surface area (Å²) in [6.45, 7) is 8.73. The molecule has 2 aromatic heterocycles. The van der Waals surface area contributed by atoms with Gasteiger partial charge in [-0.05, 0) is 54.7 Å². The normalized spacial score (nSPS) is 15.1. The van der Waals surface area contributed by atoms with E-state index in [1.165, 1.54) is 15.4 Å². The van der Waals surface area contributed by atoms with Crippen LogP contribution < -0.4 is 10.3 Å². The third-order valence-electron chi connectivity index (χ3n) is 5.72. The molecule has 0 atom stereocenters. The molecule has 1 aliphatic heterocycles. The second-order valence-corrected chi connectivity index (χ2v) is 10.3. The standard InChI is InChI=1S/C26H27N3O4S2/c1-15(2)18-9-8-16(3)13-20(18)33-23-19(24(30)28-10-6-7-17(4)22(28)27-23)14-21-25(31)29(11-12-32-5)26(34)35-21/h6-10,13-15H,11-12H2,1-5H3/b21-14+. The summed E-state index contributed by atoms with van der Waals surface area (Å²) >= 11 is 6.54. The first-order valence-electron chi connectivity index (χ1n) is 11.3. The highest BCUT2D eigenvalue weighted by atomic mass is 32.2. The van der Waals surface area contributed by atoms with Gasteiger partial charge in [0.1, 0.15) is 21.3 Å². The van der Waals surface area contributed by atoms with Gasteiger partial charge in [0, 0.05) is 13.3 Å². The van der Waals surface area contributed by atoms with Crippen molar-refractivity contribution in [2.75, 3.05) is 20.3 Å². The third-order valence-corrected chi connectivity index (χ3v) is 7.09. The molecule has 182 valence electrons. The highest BCUT2D eigenvalue weighted by Crippen LogP contribution is 2.36. The molecule has 7 nitrogen and oxygen atoms in total.